The van der Waals surface area contributed by atoms with Gasteiger partial charge in [-0.15, -0.1) is 11.8 Å². The Morgan fingerprint density at radius 2 is 1.91 bits per heavy atom. The van der Waals surface area contributed by atoms with Crippen molar-refractivity contribution in [3.8, 4) is 0 Å². The van der Waals surface area contributed by atoms with Crippen LogP contribution in [0.4, 0.5) is 0 Å². The van der Waals surface area contributed by atoms with Gasteiger partial charge in [-0.25, -0.2) is 0 Å². The second kappa shape index (κ2) is 7.39. The van der Waals surface area contributed by atoms with Crippen LogP contribution in [0.15, 0.2) is 33.2 Å². The van der Waals surface area contributed by atoms with Crippen LogP contribution in [0.5, 0.6) is 0 Å². The van der Waals surface area contributed by atoms with Gasteiger partial charge >= 0.3 is 59.1 Å². The van der Waals surface area contributed by atoms with Gasteiger partial charge in [-0.05, 0) is 23.6 Å². The number of carboxylic acid groups (broad SMARTS) is 2. The molecule has 3 rings (SSSR count). The van der Waals surface area contributed by atoms with Gasteiger partial charge in [0.15, 0.2) is 0 Å². The second-order valence-electron chi connectivity index (χ2n) is 4.04. The zero-order valence-electron chi connectivity index (χ0n) is 11.7. The molecule has 10 heteroatoms. The molecule has 0 spiro atoms. The molecule has 0 aliphatic carbocycles. The number of carboxylic acids is 2. The van der Waals surface area contributed by atoms with Gasteiger partial charge in [0.2, 0.25) is 0 Å². The third-order valence-electron chi connectivity index (χ3n) is 2.87. The fourth-order valence-corrected chi connectivity index (χ4v) is 3.07. The largest absolute Gasteiger partial charge is 1.00 e. The van der Waals surface area contributed by atoms with Crippen molar-refractivity contribution in [2.75, 3.05) is 0 Å². The number of thioether (sulfide) groups is 1. The molecule has 0 unspecified atom stereocenters. The molecule has 0 saturated carbocycles. The van der Waals surface area contributed by atoms with Crippen molar-refractivity contribution in [1.29, 1.82) is 0 Å². The number of hydrogen-bond acceptors (Lipinski definition) is 7. The van der Waals surface area contributed by atoms with Gasteiger partial charge in [0.25, 0.3) is 5.91 Å². The predicted molar refractivity (Wildman–Crippen MR) is 62.3 cm³/mol. The normalized spacial score (nSPS) is 20.5. The third-order valence-corrected chi connectivity index (χ3v) is 3.95. The van der Waals surface area contributed by atoms with Crippen LogP contribution >= 0.6 is 11.8 Å². The monoisotopic (exact) mass is 337 g/mol. The van der Waals surface area contributed by atoms with Gasteiger partial charge in [0, 0.05) is 0 Å². The van der Waals surface area contributed by atoms with E-state index in [1.165, 1.54) is 23.6 Å². The Kier molecular flexibility index (Phi) is 6.58. The fraction of sp³-hybridized carbons (Fsp3) is 0.0833. The van der Waals surface area contributed by atoms with E-state index in [0.717, 1.165) is 16.7 Å². The van der Waals surface area contributed by atoms with Crippen LogP contribution in [0.25, 0.3) is 6.08 Å². The van der Waals surface area contributed by atoms with Crippen molar-refractivity contribution < 1.29 is 88.1 Å². The molecule has 1 aromatic heterocycles. The quantitative estimate of drug-likeness (QED) is 0.306. The summed E-state index contributed by atoms with van der Waals surface area (Å²) in [5, 5.41) is 22.2. The average molecular weight is 337 g/mol. The number of hydrogen-bond donors (Lipinski definition) is 0. The van der Waals surface area contributed by atoms with Gasteiger partial charge in [-0.3, -0.25) is 9.69 Å². The first-order chi connectivity index (χ1) is 9.49. The summed E-state index contributed by atoms with van der Waals surface area (Å²) >= 11 is 1.16. The van der Waals surface area contributed by atoms with Gasteiger partial charge in [-0.1, -0.05) is 0 Å². The Morgan fingerprint density at radius 1 is 1.23 bits per heavy atom. The maximum Gasteiger partial charge on any atom is 1.00 e. The topological polar surface area (TPSA) is 114 Å². The standard InChI is InChI=1S/C12H7NO6S.2Na/c14-9-6(3-5-1-2-8(19-5)12(17)18)10-13(9)7(4-20-10)11(15)16;;/h1-4,10H,(H,15,16)(H,17,18);;/q;2*+1/p-2/b6-3-;;/t10-;;/m0../s1. The summed E-state index contributed by atoms with van der Waals surface area (Å²) in [5.74, 6) is -3.48. The molecule has 2 aliphatic heterocycles. The zero-order chi connectivity index (χ0) is 14.4. The molecule has 1 saturated heterocycles. The predicted octanol–water partition coefficient (Wildman–Crippen LogP) is -7.46. The molecular formula is C12H5NNa2O6S. The van der Waals surface area contributed by atoms with Gasteiger partial charge < -0.3 is 24.2 Å². The van der Waals surface area contributed by atoms with Crippen molar-refractivity contribution in [3.63, 3.8) is 0 Å². The summed E-state index contributed by atoms with van der Waals surface area (Å²) in [7, 11) is 0. The first-order valence-electron chi connectivity index (χ1n) is 5.42. The smallest absolute Gasteiger partial charge is 0.543 e. The van der Waals surface area contributed by atoms with E-state index in [-0.39, 0.29) is 76.3 Å². The number of β-lactam (4-membered cyclic amide) rings is 1. The maximum atomic E-state index is 11.8. The number of amides is 1. The van der Waals surface area contributed by atoms with Crippen molar-refractivity contribution in [2.24, 2.45) is 0 Å². The first-order valence-corrected chi connectivity index (χ1v) is 6.36. The fourth-order valence-electron chi connectivity index (χ4n) is 1.95. The minimum absolute atomic E-state index is 0. The molecule has 0 radical (unpaired) electrons. The van der Waals surface area contributed by atoms with Crippen LogP contribution in [0.3, 0.4) is 0 Å². The summed E-state index contributed by atoms with van der Waals surface area (Å²) in [4.78, 5) is 34.3. The van der Waals surface area contributed by atoms with Crippen LogP contribution in [0.2, 0.25) is 0 Å². The van der Waals surface area contributed by atoms with Gasteiger partial charge in [-0.2, -0.15) is 0 Å². The average Bonchev–Trinajstić information content (AvgIpc) is 3.00. The SMILES string of the molecule is O=C([O-])C1=CS[C@H]2/C(=C\c3ccc(C(=O)[O-])o3)C(=O)N12.[Na+].[Na+]. The zero-order valence-corrected chi connectivity index (χ0v) is 16.5. The number of nitrogens with zero attached hydrogens (tertiary/aromatic N) is 1. The summed E-state index contributed by atoms with van der Waals surface area (Å²) in [6.07, 6.45) is 1.38. The van der Waals surface area contributed by atoms with Crippen LogP contribution < -0.4 is 69.3 Å². The van der Waals surface area contributed by atoms with Crippen molar-refractivity contribution >= 4 is 35.7 Å². The van der Waals surface area contributed by atoms with Gasteiger partial charge in [0.1, 0.15) is 22.9 Å². The number of furan rings is 1. The summed E-state index contributed by atoms with van der Waals surface area (Å²) in [5.41, 5.74) is 0.166. The van der Waals surface area contributed by atoms with Crippen molar-refractivity contribution in [1.82, 2.24) is 4.90 Å². The molecule has 7 nitrogen and oxygen atoms in total. The molecule has 2 aliphatic rings. The van der Waals surface area contributed by atoms with E-state index in [2.05, 4.69) is 0 Å². The van der Waals surface area contributed by atoms with E-state index < -0.39 is 23.2 Å². The number of aliphatic carboxylic acids is 1. The molecule has 0 bridgehead atoms. The van der Waals surface area contributed by atoms with Crippen LogP contribution in [-0.4, -0.2) is 28.1 Å². The molecule has 0 N–H and O–H groups in total. The van der Waals surface area contributed by atoms with Crippen LogP contribution in [0, 0.1) is 0 Å². The molecule has 1 aromatic rings. The van der Waals surface area contributed by atoms with Crippen molar-refractivity contribution in [2.45, 2.75) is 5.37 Å². The minimum atomic E-state index is -1.45. The number of carbonyl (C=O) groups excluding carboxylic acids is 3. The Balaban J connectivity index is 0.00000121. The number of fused-ring (bicyclic) bond motifs is 1. The second-order valence-corrected chi connectivity index (χ2v) is 5.00. The molecule has 102 valence electrons. The Labute approximate surface area is 173 Å². The van der Waals surface area contributed by atoms with E-state index in [1.54, 1.807) is 0 Å². The van der Waals surface area contributed by atoms with Crippen LogP contribution in [-0.2, 0) is 9.59 Å². The Hall–Kier alpha value is -0.480. The van der Waals surface area contributed by atoms with E-state index in [1.807, 2.05) is 0 Å². The molecule has 3 heterocycles. The van der Waals surface area contributed by atoms with Crippen LogP contribution in [0.1, 0.15) is 16.3 Å². The van der Waals surface area contributed by atoms with Gasteiger partial charge in [0.05, 0.1) is 17.2 Å². The molecule has 22 heavy (non-hydrogen) atoms. The van der Waals surface area contributed by atoms with E-state index >= 15 is 0 Å². The maximum absolute atomic E-state index is 11.8. The Bertz CT molecular complexity index is 710. The summed E-state index contributed by atoms with van der Waals surface area (Å²) in [6.45, 7) is 0. The number of rotatable bonds is 3. The minimum Gasteiger partial charge on any atom is -0.543 e. The molecule has 1 fully saturated rings. The first kappa shape index (κ1) is 19.6. The van der Waals surface area contributed by atoms with E-state index in [4.69, 9.17) is 4.42 Å². The number of aromatic carboxylic acids is 1. The van der Waals surface area contributed by atoms with E-state index in [0.29, 0.717) is 5.57 Å². The summed E-state index contributed by atoms with van der Waals surface area (Å²) < 4.78 is 4.96. The molecule has 1 atom stereocenters. The molecule has 0 aromatic carbocycles. The molecule has 1 amide bonds. The summed E-state index contributed by atoms with van der Waals surface area (Å²) in [6, 6.07) is 2.61. The number of carbonyl (C=O) groups is 3. The van der Waals surface area contributed by atoms with Crippen molar-refractivity contribution in [3.05, 3.63) is 40.3 Å². The third kappa shape index (κ3) is 3.23. The van der Waals surface area contributed by atoms with E-state index in [9.17, 15) is 24.6 Å². The Morgan fingerprint density at radius 3 is 2.45 bits per heavy atom. The molecular weight excluding hydrogens is 332 g/mol.